The Hall–Kier alpha value is -3.01. The van der Waals surface area contributed by atoms with Crippen LogP contribution in [0.3, 0.4) is 0 Å². The van der Waals surface area contributed by atoms with Crippen LogP contribution in [0, 0.1) is 0 Å². The van der Waals surface area contributed by atoms with Crippen molar-refractivity contribution in [2.24, 2.45) is 0 Å². The van der Waals surface area contributed by atoms with Crippen molar-refractivity contribution in [1.82, 2.24) is 4.98 Å². The number of H-pyrrole nitrogens is 1. The van der Waals surface area contributed by atoms with E-state index in [1.165, 1.54) is 0 Å². The highest BCUT2D eigenvalue weighted by molar-refractivity contribution is 6.12. The van der Waals surface area contributed by atoms with Crippen molar-refractivity contribution < 1.29 is 14.3 Å². The van der Waals surface area contributed by atoms with Crippen molar-refractivity contribution in [2.75, 3.05) is 14.2 Å². The van der Waals surface area contributed by atoms with Crippen LogP contribution in [-0.4, -0.2) is 25.0 Å². The number of hydrogen-bond donors (Lipinski definition) is 1. The minimum Gasteiger partial charge on any atom is -0.493 e. The van der Waals surface area contributed by atoms with Gasteiger partial charge < -0.3 is 14.5 Å². The van der Waals surface area contributed by atoms with Gasteiger partial charge in [0.25, 0.3) is 0 Å². The number of aromatic amines is 1. The number of rotatable bonds is 5. The summed E-state index contributed by atoms with van der Waals surface area (Å²) in [6.07, 6.45) is 3.54. The summed E-state index contributed by atoms with van der Waals surface area (Å²) in [6.45, 7) is 0. The van der Waals surface area contributed by atoms with Crippen molar-refractivity contribution in [3.05, 3.63) is 72.1 Å². The van der Waals surface area contributed by atoms with Gasteiger partial charge in [0.2, 0.25) is 0 Å². The molecule has 1 heterocycles. The number of carbonyl (C=O) groups is 1. The van der Waals surface area contributed by atoms with Crippen molar-refractivity contribution >= 4 is 5.78 Å². The number of carbonyl (C=O) groups excluding carboxylic acids is 1. The molecule has 1 N–H and O–H groups in total. The number of methoxy groups -OCH3 is 2. The number of hydrogen-bond acceptors (Lipinski definition) is 3. The predicted molar refractivity (Wildman–Crippen MR) is 89.2 cm³/mol. The van der Waals surface area contributed by atoms with Gasteiger partial charge in [0.15, 0.2) is 17.3 Å². The fourth-order valence-electron chi connectivity index (χ4n) is 2.54. The number of aromatic nitrogens is 1. The molecule has 1 aromatic heterocycles. The van der Waals surface area contributed by atoms with Gasteiger partial charge in [0.05, 0.1) is 14.2 Å². The number of benzene rings is 2. The maximum atomic E-state index is 12.7. The van der Waals surface area contributed by atoms with Gasteiger partial charge in [-0.3, -0.25) is 4.79 Å². The predicted octanol–water partition coefficient (Wildman–Crippen LogP) is 3.93. The van der Waals surface area contributed by atoms with Crippen LogP contribution in [0.4, 0.5) is 0 Å². The minimum atomic E-state index is -0.0170. The third kappa shape index (κ3) is 2.83. The van der Waals surface area contributed by atoms with Gasteiger partial charge in [-0.15, -0.1) is 0 Å². The Bertz CT molecular complexity index is 822. The highest BCUT2D eigenvalue weighted by Gasteiger charge is 2.17. The van der Waals surface area contributed by atoms with E-state index in [4.69, 9.17) is 9.47 Å². The van der Waals surface area contributed by atoms with Crippen LogP contribution in [0.25, 0.3) is 11.1 Å². The second kappa shape index (κ2) is 6.40. The standard InChI is InChI=1S/C19H17NO3/c1-22-17-9-8-14(10-18(17)23-2)15-11-20-12-16(15)19(21)13-6-4-3-5-7-13/h3-12,20H,1-2H3. The van der Waals surface area contributed by atoms with Crippen molar-refractivity contribution in [2.45, 2.75) is 0 Å². The second-order valence-corrected chi connectivity index (χ2v) is 5.05. The van der Waals surface area contributed by atoms with Crippen molar-refractivity contribution in [1.29, 1.82) is 0 Å². The third-order valence-electron chi connectivity index (χ3n) is 3.72. The summed E-state index contributed by atoms with van der Waals surface area (Å²) >= 11 is 0. The molecule has 0 aliphatic rings. The maximum absolute atomic E-state index is 12.7. The highest BCUT2D eigenvalue weighted by atomic mass is 16.5. The van der Waals surface area contributed by atoms with Gasteiger partial charge in [-0.25, -0.2) is 0 Å². The lowest BCUT2D eigenvalue weighted by Gasteiger charge is -2.10. The molecule has 23 heavy (non-hydrogen) atoms. The van der Waals surface area contributed by atoms with E-state index in [1.807, 2.05) is 54.7 Å². The molecule has 0 unspecified atom stereocenters. The monoisotopic (exact) mass is 307 g/mol. The van der Waals surface area contributed by atoms with E-state index in [1.54, 1.807) is 20.4 Å². The lowest BCUT2D eigenvalue weighted by molar-refractivity contribution is 0.103. The van der Waals surface area contributed by atoms with Gasteiger partial charge in [-0.05, 0) is 17.7 Å². The van der Waals surface area contributed by atoms with E-state index in [0.29, 0.717) is 22.6 Å². The van der Waals surface area contributed by atoms with Gasteiger partial charge >= 0.3 is 0 Å². The van der Waals surface area contributed by atoms with E-state index in [2.05, 4.69) is 4.98 Å². The highest BCUT2D eigenvalue weighted by Crippen LogP contribution is 2.34. The normalized spacial score (nSPS) is 10.3. The average Bonchev–Trinajstić information content (AvgIpc) is 3.10. The molecule has 0 saturated carbocycles. The van der Waals surface area contributed by atoms with Crippen molar-refractivity contribution in [3.8, 4) is 22.6 Å². The molecule has 3 rings (SSSR count). The molecule has 4 nitrogen and oxygen atoms in total. The van der Waals surface area contributed by atoms with Crippen LogP contribution in [0.1, 0.15) is 15.9 Å². The zero-order valence-corrected chi connectivity index (χ0v) is 13.0. The Labute approximate surface area is 134 Å². The topological polar surface area (TPSA) is 51.3 Å². The van der Waals surface area contributed by atoms with Crippen molar-refractivity contribution in [3.63, 3.8) is 0 Å². The molecule has 4 heteroatoms. The molecule has 0 fully saturated rings. The summed E-state index contributed by atoms with van der Waals surface area (Å²) in [5, 5.41) is 0. The maximum Gasteiger partial charge on any atom is 0.195 e. The van der Waals surface area contributed by atoms with Gasteiger partial charge in [0.1, 0.15) is 0 Å². The summed E-state index contributed by atoms with van der Waals surface area (Å²) in [6, 6.07) is 14.8. The minimum absolute atomic E-state index is 0.0170. The SMILES string of the molecule is COc1ccc(-c2c[nH]cc2C(=O)c2ccccc2)cc1OC. The first-order valence-corrected chi connectivity index (χ1v) is 7.23. The van der Waals surface area contributed by atoms with E-state index in [0.717, 1.165) is 11.1 Å². The molecule has 2 aromatic carbocycles. The molecule has 0 amide bonds. The molecule has 0 aliphatic heterocycles. The lowest BCUT2D eigenvalue weighted by Crippen LogP contribution is -2.01. The van der Waals surface area contributed by atoms with Gasteiger partial charge in [0, 0.05) is 29.1 Å². The van der Waals surface area contributed by atoms with E-state index < -0.39 is 0 Å². The first-order valence-electron chi connectivity index (χ1n) is 7.23. The molecule has 0 atom stereocenters. The first kappa shape index (κ1) is 14.9. The molecule has 116 valence electrons. The third-order valence-corrected chi connectivity index (χ3v) is 3.72. The fourth-order valence-corrected chi connectivity index (χ4v) is 2.54. The van der Waals surface area contributed by atoms with E-state index in [9.17, 15) is 4.79 Å². The molecule has 0 radical (unpaired) electrons. The molecule has 0 bridgehead atoms. The zero-order valence-electron chi connectivity index (χ0n) is 13.0. The quantitative estimate of drug-likeness (QED) is 0.727. The van der Waals surface area contributed by atoms with Crippen LogP contribution in [-0.2, 0) is 0 Å². The molecular formula is C19H17NO3. The Morgan fingerprint density at radius 1 is 0.913 bits per heavy atom. The van der Waals surface area contributed by atoms with Crippen LogP contribution in [0.2, 0.25) is 0 Å². The molecule has 0 saturated heterocycles. The molecular weight excluding hydrogens is 290 g/mol. The Kier molecular flexibility index (Phi) is 4.15. The zero-order chi connectivity index (χ0) is 16.2. The summed E-state index contributed by atoms with van der Waals surface area (Å²) < 4.78 is 10.6. The first-order chi connectivity index (χ1) is 11.2. The summed E-state index contributed by atoms with van der Waals surface area (Å²) in [7, 11) is 3.19. The van der Waals surface area contributed by atoms with E-state index in [-0.39, 0.29) is 5.78 Å². The number of ketones is 1. The van der Waals surface area contributed by atoms with Crippen LogP contribution < -0.4 is 9.47 Å². The van der Waals surface area contributed by atoms with Crippen LogP contribution >= 0.6 is 0 Å². The molecule has 0 spiro atoms. The second-order valence-electron chi connectivity index (χ2n) is 5.05. The smallest absolute Gasteiger partial charge is 0.195 e. The molecule has 0 aliphatic carbocycles. The molecule has 3 aromatic rings. The number of nitrogens with one attached hydrogen (secondary N) is 1. The largest absolute Gasteiger partial charge is 0.493 e. The lowest BCUT2D eigenvalue weighted by atomic mass is 9.98. The van der Waals surface area contributed by atoms with E-state index >= 15 is 0 Å². The Morgan fingerprint density at radius 2 is 1.65 bits per heavy atom. The van der Waals surface area contributed by atoms with Crippen LogP contribution in [0.15, 0.2) is 60.9 Å². The van der Waals surface area contributed by atoms with Crippen LogP contribution in [0.5, 0.6) is 11.5 Å². The number of ether oxygens (including phenoxy) is 2. The summed E-state index contributed by atoms with van der Waals surface area (Å²) in [5.41, 5.74) is 3.01. The van der Waals surface area contributed by atoms with Gasteiger partial charge in [-0.2, -0.15) is 0 Å². The summed E-state index contributed by atoms with van der Waals surface area (Å²) in [5.74, 6) is 1.27. The Balaban J connectivity index is 2.03. The average molecular weight is 307 g/mol. The van der Waals surface area contributed by atoms with Gasteiger partial charge in [-0.1, -0.05) is 36.4 Å². The Morgan fingerprint density at radius 3 is 2.35 bits per heavy atom. The fraction of sp³-hybridized carbons (Fsp3) is 0.105. The summed E-state index contributed by atoms with van der Waals surface area (Å²) in [4.78, 5) is 15.7.